The van der Waals surface area contributed by atoms with E-state index in [1.807, 2.05) is 19.2 Å². The molecule has 0 radical (unpaired) electrons. The van der Waals surface area contributed by atoms with Crippen molar-refractivity contribution in [3.63, 3.8) is 0 Å². The van der Waals surface area contributed by atoms with Gasteiger partial charge in [-0.3, -0.25) is 10.1 Å². The summed E-state index contributed by atoms with van der Waals surface area (Å²) in [6.45, 7) is 6.04. The molecule has 8 nitrogen and oxygen atoms in total. The molecular weight excluding hydrogens is 316 g/mol. The summed E-state index contributed by atoms with van der Waals surface area (Å²) in [6.07, 6.45) is -0.335. The van der Waals surface area contributed by atoms with Crippen molar-refractivity contribution in [3.8, 4) is 11.5 Å². The van der Waals surface area contributed by atoms with Gasteiger partial charge in [0.25, 0.3) is 5.91 Å². The number of rotatable bonds is 8. The smallest absolute Gasteiger partial charge is 0.339 e. The van der Waals surface area contributed by atoms with E-state index >= 15 is 0 Å². The molecule has 0 saturated carbocycles. The molecule has 8 heteroatoms. The van der Waals surface area contributed by atoms with E-state index in [9.17, 15) is 14.4 Å². The molecule has 0 aliphatic rings. The minimum atomic E-state index is -1.17. The molecule has 1 atom stereocenters. The van der Waals surface area contributed by atoms with Gasteiger partial charge < -0.3 is 19.9 Å². The SMILES string of the molecule is CCCOc1ccc(C(=O)O[C@@H](C)C(=O)NC(N)=O)cc1OCC. The van der Waals surface area contributed by atoms with Gasteiger partial charge in [0.1, 0.15) is 0 Å². The van der Waals surface area contributed by atoms with Crippen molar-refractivity contribution in [2.45, 2.75) is 33.3 Å². The number of benzene rings is 1. The first kappa shape index (κ1) is 19.3. The van der Waals surface area contributed by atoms with Crippen LogP contribution in [0.1, 0.15) is 37.6 Å². The van der Waals surface area contributed by atoms with E-state index in [0.29, 0.717) is 24.7 Å². The summed E-state index contributed by atoms with van der Waals surface area (Å²) in [5.74, 6) is -0.599. The number of hydrogen-bond acceptors (Lipinski definition) is 6. The summed E-state index contributed by atoms with van der Waals surface area (Å²) in [7, 11) is 0. The zero-order valence-electron chi connectivity index (χ0n) is 14.0. The van der Waals surface area contributed by atoms with Crippen molar-refractivity contribution in [2.24, 2.45) is 5.73 Å². The monoisotopic (exact) mass is 338 g/mol. The zero-order valence-corrected chi connectivity index (χ0v) is 14.0. The topological polar surface area (TPSA) is 117 Å². The number of amides is 3. The Labute approximate surface area is 140 Å². The molecule has 0 heterocycles. The van der Waals surface area contributed by atoms with Crippen molar-refractivity contribution < 1.29 is 28.6 Å². The standard InChI is InChI=1S/C16H22N2O6/c1-4-8-23-12-7-6-11(9-13(12)22-5-2)15(20)24-10(3)14(19)18-16(17)21/h6-7,9-10H,4-5,8H2,1-3H3,(H3,17,18,19,21)/t10-/m0/s1. The maximum Gasteiger partial charge on any atom is 0.339 e. The fourth-order valence-electron chi connectivity index (χ4n) is 1.74. The van der Waals surface area contributed by atoms with E-state index in [2.05, 4.69) is 0 Å². The molecule has 1 aromatic rings. The first-order valence-corrected chi connectivity index (χ1v) is 7.59. The molecular formula is C16H22N2O6. The lowest BCUT2D eigenvalue weighted by atomic mass is 10.2. The molecule has 0 unspecified atom stereocenters. The lowest BCUT2D eigenvalue weighted by Crippen LogP contribution is -2.42. The maximum atomic E-state index is 12.1. The Morgan fingerprint density at radius 2 is 1.88 bits per heavy atom. The van der Waals surface area contributed by atoms with Crippen molar-refractivity contribution in [1.29, 1.82) is 0 Å². The van der Waals surface area contributed by atoms with Gasteiger partial charge >= 0.3 is 12.0 Å². The van der Waals surface area contributed by atoms with Crippen molar-refractivity contribution in [2.75, 3.05) is 13.2 Å². The fraction of sp³-hybridized carbons (Fsp3) is 0.438. The fourth-order valence-corrected chi connectivity index (χ4v) is 1.74. The first-order chi connectivity index (χ1) is 11.4. The predicted molar refractivity (Wildman–Crippen MR) is 86.0 cm³/mol. The number of esters is 1. The molecule has 1 aromatic carbocycles. The van der Waals surface area contributed by atoms with Gasteiger partial charge in [0.05, 0.1) is 18.8 Å². The number of primary amides is 1. The van der Waals surface area contributed by atoms with Gasteiger partial charge in [0.15, 0.2) is 17.6 Å². The van der Waals surface area contributed by atoms with Gasteiger partial charge in [0, 0.05) is 0 Å². The molecule has 0 bridgehead atoms. The second-order valence-corrected chi connectivity index (χ2v) is 4.84. The normalized spacial score (nSPS) is 11.3. The van der Waals surface area contributed by atoms with E-state index in [-0.39, 0.29) is 5.56 Å². The largest absolute Gasteiger partial charge is 0.490 e. The molecule has 3 amide bonds. The Bertz CT molecular complexity index is 602. The third kappa shape index (κ3) is 5.79. The lowest BCUT2D eigenvalue weighted by molar-refractivity contribution is -0.127. The number of carbonyl (C=O) groups excluding carboxylic acids is 3. The molecule has 0 aliphatic carbocycles. The minimum Gasteiger partial charge on any atom is -0.490 e. The predicted octanol–water partition coefficient (Wildman–Crippen LogP) is 1.61. The summed E-state index contributed by atoms with van der Waals surface area (Å²) in [6, 6.07) is 3.58. The Balaban J connectivity index is 2.84. The van der Waals surface area contributed by atoms with Crippen LogP contribution in [0.3, 0.4) is 0 Å². The first-order valence-electron chi connectivity index (χ1n) is 7.59. The number of nitrogens with two attached hydrogens (primary N) is 1. The minimum absolute atomic E-state index is 0.195. The molecule has 132 valence electrons. The molecule has 0 aromatic heterocycles. The second kappa shape index (κ2) is 9.39. The molecule has 3 N–H and O–H groups in total. The van der Waals surface area contributed by atoms with Crippen LogP contribution in [0.2, 0.25) is 0 Å². The number of hydrogen-bond donors (Lipinski definition) is 2. The third-order valence-electron chi connectivity index (χ3n) is 2.84. The van der Waals surface area contributed by atoms with E-state index < -0.39 is 24.0 Å². The summed E-state index contributed by atoms with van der Waals surface area (Å²) in [5, 5.41) is 1.84. The number of carbonyl (C=O) groups is 3. The highest BCUT2D eigenvalue weighted by molar-refractivity contribution is 5.98. The van der Waals surface area contributed by atoms with Crippen LogP contribution in [0.4, 0.5) is 4.79 Å². The van der Waals surface area contributed by atoms with Gasteiger partial charge in [0.2, 0.25) is 0 Å². The third-order valence-corrected chi connectivity index (χ3v) is 2.84. The molecule has 0 spiro atoms. The highest BCUT2D eigenvalue weighted by Crippen LogP contribution is 2.29. The average molecular weight is 338 g/mol. The van der Waals surface area contributed by atoms with Gasteiger partial charge in [-0.25, -0.2) is 9.59 Å². The van der Waals surface area contributed by atoms with E-state index in [1.54, 1.807) is 6.07 Å². The highest BCUT2D eigenvalue weighted by Gasteiger charge is 2.21. The van der Waals surface area contributed by atoms with Crippen LogP contribution < -0.4 is 20.5 Å². The van der Waals surface area contributed by atoms with Gasteiger partial charge in [-0.15, -0.1) is 0 Å². The zero-order chi connectivity index (χ0) is 18.1. The summed E-state index contributed by atoms with van der Waals surface area (Å²) >= 11 is 0. The average Bonchev–Trinajstić information content (AvgIpc) is 2.53. The Morgan fingerprint density at radius 1 is 1.17 bits per heavy atom. The number of ether oxygens (including phenoxy) is 3. The molecule has 24 heavy (non-hydrogen) atoms. The van der Waals surface area contributed by atoms with E-state index in [0.717, 1.165) is 6.42 Å². The van der Waals surface area contributed by atoms with Crippen molar-refractivity contribution >= 4 is 17.9 Å². The number of imide groups is 1. The Kier molecular flexibility index (Phi) is 7.54. The second-order valence-electron chi connectivity index (χ2n) is 4.84. The summed E-state index contributed by atoms with van der Waals surface area (Å²) in [5.41, 5.74) is 5.04. The van der Waals surface area contributed by atoms with Crippen LogP contribution in [-0.2, 0) is 9.53 Å². The van der Waals surface area contributed by atoms with Crippen LogP contribution in [0.5, 0.6) is 11.5 Å². The van der Waals surface area contributed by atoms with Crippen LogP contribution in [0.15, 0.2) is 18.2 Å². The van der Waals surface area contributed by atoms with Crippen LogP contribution in [0, 0.1) is 0 Å². The molecule has 1 rings (SSSR count). The molecule has 0 fully saturated rings. The van der Waals surface area contributed by atoms with Crippen LogP contribution in [0.25, 0.3) is 0 Å². The van der Waals surface area contributed by atoms with Crippen LogP contribution >= 0.6 is 0 Å². The summed E-state index contributed by atoms with van der Waals surface area (Å²) in [4.78, 5) is 34.3. The summed E-state index contributed by atoms with van der Waals surface area (Å²) < 4.78 is 16.0. The lowest BCUT2D eigenvalue weighted by Gasteiger charge is -2.14. The number of nitrogens with one attached hydrogen (secondary N) is 1. The quantitative estimate of drug-likeness (QED) is 0.696. The van der Waals surface area contributed by atoms with E-state index in [4.69, 9.17) is 19.9 Å². The molecule has 0 saturated heterocycles. The van der Waals surface area contributed by atoms with Gasteiger partial charge in [-0.05, 0) is 38.5 Å². The highest BCUT2D eigenvalue weighted by atomic mass is 16.5. The van der Waals surface area contributed by atoms with Crippen LogP contribution in [-0.4, -0.2) is 37.2 Å². The molecule has 0 aliphatic heterocycles. The number of urea groups is 1. The van der Waals surface area contributed by atoms with Crippen molar-refractivity contribution in [3.05, 3.63) is 23.8 Å². The van der Waals surface area contributed by atoms with E-state index in [1.165, 1.54) is 19.1 Å². The Morgan fingerprint density at radius 3 is 2.46 bits per heavy atom. The van der Waals surface area contributed by atoms with Gasteiger partial charge in [-0.2, -0.15) is 0 Å². The van der Waals surface area contributed by atoms with Gasteiger partial charge in [-0.1, -0.05) is 6.92 Å². The Hall–Kier alpha value is -2.77. The maximum absolute atomic E-state index is 12.1. The van der Waals surface area contributed by atoms with Crippen molar-refractivity contribution in [1.82, 2.24) is 5.32 Å².